The molecule has 0 radical (unpaired) electrons. The number of esters is 1. The Bertz CT molecular complexity index is 876. The van der Waals surface area contributed by atoms with E-state index < -0.39 is 35.3 Å². The van der Waals surface area contributed by atoms with Gasteiger partial charge in [0.05, 0.1) is 17.7 Å². The normalized spacial score (nSPS) is 22.0. The molecule has 0 aliphatic carbocycles. The molecule has 142 valence electrons. The minimum atomic E-state index is -4.58. The van der Waals surface area contributed by atoms with Crippen molar-refractivity contribution in [1.82, 2.24) is 0 Å². The third kappa shape index (κ3) is 3.15. The van der Waals surface area contributed by atoms with Gasteiger partial charge in [0.25, 0.3) is 0 Å². The number of alkyl halides is 4. The van der Waals surface area contributed by atoms with Crippen LogP contribution in [0.15, 0.2) is 48.5 Å². The molecule has 0 amide bonds. The van der Waals surface area contributed by atoms with Crippen LogP contribution in [0.5, 0.6) is 5.75 Å². The summed E-state index contributed by atoms with van der Waals surface area (Å²) in [5, 5.41) is 0. The highest BCUT2D eigenvalue weighted by molar-refractivity contribution is 6.18. The van der Waals surface area contributed by atoms with E-state index in [1.165, 1.54) is 25.1 Å². The summed E-state index contributed by atoms with van der Waals surface area (Å²) in [5.74, 6) is -2.58. The summed E-state index contributed by atoms with van der Waals surface area (Å²) >= 11 is 0. The van der Waals surface area contributed by atoms with E-state index in [0.717, 1.165) is 24.3 Å². The van der Waals surface area contributed by atoms with Crippen LogP contribution in [0, 0.1) is 0 Å². The van der Waals surface area contributed by atoms with E-state index in [9.17, 15) is 22.8 Å². The lowest BCUT2D eigenvalue weighted by Gasteiger charge is -2.35. The number of rotatable bonds is 3. The molecule has 0 fully saturated rings. The topological polar surface area (TPSA) is 52.6 Å². The van der Waals surface area contributed by atoms with E-state index in [0.29, 0.717) is 0 Å². The average Bonchev–Trinajstić information content (AvgIpc) is 2.64. The highest BCUT2D eigenvalue weighted by Gasteiger charge is 2.60. The number of hydrogen-bond donors (Lipinski definition) is 0. The van der Waals surface area contributed by atoms with Gasteiger partial charge < -0.3 is 9.47 Å². The molecule has 0 spiro atoms. The zero-order valence-corrected chi connectivity index (χ0v) is 14.0. The Morgan fingerprint density at radius 1 is 1.15 bits per heavy atom. The minimum Gasteiger partial charge on any atom is -0.480 e. The Morgan fingerprint density at radius 2 is 1.78 bits per heavy atom. The van der Waals surface area contributed by atoms with Crippen molar-refractivity contribution in [2.45, 2.75) is 24.9 Å². The summed E-state index contributed by atoms with van der Waals surface area (Å²) in [7, 11) is 0. The van der Waals surface area contributed by atoms with Crippen molar-refractivity contribution in [2.75, 3.05) is 6.61 Å². The lowest BCUT2D eigenvalue weighted by atomic mass is 9.82. The van der Waals surface area contributed by atoms with Gasteiger partial charge >= 0.3 is 17.8 Å². The largest absolute Gasteiger partial charge is 0.480 e. The highest BCUT2D eigenvalue weighted by atomic mass is 19.4. The van der Waals surface area contributed by atoms with Crippen LogP contribution < -0.4 is 4.74 Å². The molecule has 2 atom stereocenters. The monoisotopic (exact) mass is 382 g/mol. The van der Waals surface area contributed by atoms with Gasteiger partial charge in [0.1, 0.15) is 5.75 Å². The number of fused-ring (bicyclic) bond motifs is 1. The Labute approximate surface area is 151 Å². The smallest absolute Gasteiger partial charge is 0.416 e. The van der Waals surface area contributed by atoms with E-state index in [-0.39, 0.29) is 23.5 Å². The first kappa shape index (κ1) is 18.9. The third-order valence-electron chi connectivity index (χ3n) is 4.18. The fraction of sp³-hybridized carbons (Fsp3) is 0.263. The summed E-state index contributed by atoms with van der Waals surface area (Å²) in [6.45, 7) is 1.26. The number of ether oxygens (including phenoxy) is 2. The molecule has 4 nitrogen and oxygen atoms in total. The molecular formula is C19H14F4O4. The van der Waals surface area contributed by atoms with Crippen molar-refractivity contribution in [3.63, 3.8) is 0 Å². The van der Waals surface area contributed by atoms with Crippen molar-refractivity contribution in [3.05, 3.63) is 65.2 Å². The summed E-state index contributed by atoms with van der Waals surface area (Å²) in [5.41, 5.74) is -4.41. The van der Waals surface area contributed by atoms with Crippen LogP contribution in [-0.2, 0) is 15.7 Å². The summed E-state index contributed by atoms with van der Waals surface area (Å²) < 4.78 is 64.3. The second-order valence-corrected chi connectivity index (χ2v) is 5.88. The lowest BCUT2D eigenvalue weighted by molar-refractivity contribution is -0.160. The molecule has 2 aromatic carbocycles. The van der Waals surface area contributed by atoms with Crippen LogP contribution in [0.2, 0.25) is 0 Å². The number of para-hydroxylation sites is 1. The van der Waals surface area contributed by atoms with Crippen LogP contribution in [-0.4, -0.2) is 24.0 Å². The van der Waals surface area contributed by atoms with Crippen LogP contribution in [0.4, 0.5) is 17.6 Å². The van der Waals surface area contributed by atoms with Gasteiger partial charge in [-0.05, 0) is 36.8 Å². The molecule has 3 rings (SSSR count). The quantitative estimate of drug-likeness (QED) is 0.451. The number of carbonyl (C=O) groups is 2. The number of halogens is 4. The SMILES string of the molecule is CCOC(=O)[C@]1(F)C(=O)c2ccccc2O[C@@H]1c1ccc(C(F)(F)F)cc1. The van der Waals surface area contributed by atoms with Gasteiger partial charge in [-0.1, -0.05) is 24.3 Å². The maximum absolute atomic E-state index is 15.7. The van der Waals surface area contributed by atoms with E-state index in [2.05, 4.69) is 0 Å². The molecule has 8 heteroatoms. The Hall–Kier alpha value is -2.90. The molecular weight excluding hydrogens is 368 g/mol. The van der Waals surface area contributed by atoms with Crippen molar-refractivity contribution in [1.29, 1.82) is 0 Å². The Kier molecular flexibility index (Phi) is 4.67. The standard InChI is InChI=1S/C19H14F4O4/c1-2-26-17(25)18(20)15(24)13-5-3-4-6-14(13)27-16(18)11-7-9-12(10-8-11)19(21,22)23/h3-10,16H,2H2,1H3/t16-,18+/m1/s1. The molecule has 27 heavy (non-hydrogen) atoms. The van der Waals surface area contributed by atoms with Crippen LogP contribution in [0.1, 0.15) is 34.5 Å². The van der Waals surface area contributed by atoms with Crippen LogP contribution in [0.3, 0.4) is 0 Å². The van der Waals surface area contributed by atoms with Crippen LogP contribution in [0.25, 0.3) is 0 Å². The minimum absolute atomic E-state index is 0.0324. The molecule has 2 aromatic rings. The van der Waals surface area contributed by atoms with Crippen LogP contribution >= 0.6 is 0 Å². The molecule has 0 aromatic heterocycles. The van der Waals surface area contributed by atoms with Gasteiger partial charge in [-0.15, -0.1) is 0 Å². The molecule has 1 aliphatic heterocycles. The predicted octanol–water partition coefficient (Wildman–Crippen LogP) is 4.29. The van der Waals surface area contributed by atoms with Gasteiger partial charge in [-0.25, -0.2) is 9.18 Å². The number of benzene rings is 2. The Morgan fingerprint density at radius 3 is 2.37 bits per heavy atom. The maximum Gasteiger partial charge on any atom is 0.416 e. The lowest BCUT2D eigenvalue weighted by Crippen LogP contribution is -2.53. The first-order chi connectivity index (χ1) is 12.7. The fourth-order valence-electron chi connectivity index (χ4n) is 2.86. The second kappa shape index (κ2) is 6.68. The van der Waals surface area contributed by atoms with E-state index in [4.69, 9.17) is 9.47 Å². The number of carbonyl (C=O) groups excluding carboxylic acids is 2. The molecule has 0 bridgehead atoms. The zero-order chi connectivity index (χ0) is 19.8. The predicted molar refractivity (Wildman–Crippen MR) is 86.1 cm³/mol. The molecule has 1 heterocycles. The maximum atomic E-state index is 15.7. The van der Waals surface area contributed by atoms with Gasteiger partial charge in [0.2, 0.25) is 5.78 Å². The number of ketones is 1. The van der Waals surface area contributed by atoms with Crippen molar-refractivity contribution >= 4 is 11.8 Å². The van der Waals surface area contributed by atoms with E-state index in [1.807, 2.05) is 0 Å². The first-order valence-corrected chi connectivity index (χ1v) is 8.03. The van der Waals surface area contributed by atoms with Crippen molar-refractivity contribution < 1.29 is 36.6 Å². The summed E-state index contributed by atoms with van der Waals surface area (Å²) in [6.07, 6.45) is -6.36. The molecule has 0 N–H and O–H groups in total. The summed E-state index contributed by atoms with van der Waals surface area (Å²) in [4.78, 5) is 25.0. The van der Waals surface area contributed by atoms with E-state index in [1.54, 1.807) is 6.07 Å². The highest BCUT2D eigenvalue weighted by Crippen LogP contribution is 2.44. The van der Waals surface area contributed by atoms with Gasteiger partial charge in [0.15, 0.2) is 6.10 Å². The number of Topliss-reactive ketones (excluding diaryl/α,β-unsaturated/α-hetero) is 1. The van der Waals surface area contributed by atoms with Gasteiger partial charge in [0, 0.05) is 0 Å². The average molecular weight is 382 g/mol. The van der Waals surface area contributed by atoms with Gasteiger partial charge in [-0.3, -0.25) is 4.79 Å². The number of hydrogen-bond acceptors (Lipinski definition) is 4. The Balaban J connectivity index is 2.11. The molecule has 0 saturated heterocycles. The summed E-state index contributed by atoms with van der Waals surface area (Å²) in [6, 6.07) is 9.15. The van der Waals surface area contributed by atoms with Crippen molar-refractivity contribution in [2.24, 2.45) is 0 Å². The molecule has 0 saturated carbocycles. The molecule has 0 unspecified atom stereocenters. The zero-order valence-electron chi connectivity index (χ0n) is 14.0. The van der Waals surface area contributed by atoms with Crippen molar-refractivity contribution in [3.8, 4) is 5.75 Å². The van der Waals surface area contributed by atoms with Gasteiger partial charge in [-0.2, -0.15) is 13.2 Å². The second-order valence-electron chi connectivity index (χ2n) is 5.88. The fourth-order valence-corrected chi connectivity index (χ4v) is 2.86. The van der Waals surface area contributed by atoms with E-state index >= 15 is 4.39 Å². The first-order valence-electron chi connectivity index (χ1n) is 8.03. The third-order valence-corrected chi connectivity index (χ3v) is 4.18. The molecule has 1 aliphatic rings.